The van der Waals surface area contributed by atoms with Crippen molar-refractivity contribution < 1.29 is 0 Å². The standard InChI is InChI=1S/C8H16N2/c1-6-3-7-4-10(2)5-8(6,7)9/h6-7H,3-5,9H2,1-2H3/t6-,7+,8-/m0/s1. The number of nitrogens with zero attached hydrogens (tertiary/aromatic N) is 1. The van der Waals surface area contributed by atoms with Gasteiger partial charge >= 0.3 is 0 Å². The van der Waals surface area contributed by atoms with E-state index in [1.54, 1.807) is 0 Å². The van der Waals surface area contributed by atoms with Crippen molar-refractivity contribution in [2.45, 2.75) is 18.9 Å². The lowest BCUT2D eigenvalue weighted by molar-refractivity contribution is 0.0953. The second-order valence-electron chi connectivity index (χ2n) is 4.14. The van der Waals surface area contributed by atoms with Crippen LogP contribution in [-0.2, 0) is 0 Å². The molecule has 3 atom stereocenters. The normalized spacial score (nSPS) is 54.3. The molecule has 2 heteroatoms. The Morgan fingerprint density at radius 1 is 1.60 bits per heavy atom. The molecule has 2 N–H and O–H groups in total. The van der Waals surface area contributed by atoms with Crippen LogP contribution in [0.4, 0.5) is 0 Å². The van der Waals surface area contributed by atoms with Gasteiger partial charge in [-0.1, -0.05) is 6.92 Å². The molecule has 0 unspecified atom stereocenters. The van der Waals surface area contributed by atoms with Gasteiger partial charge in [-0.25, -0.2) is 0 Å². The number of rotatable bonds is 0. The Hall–Kier alpha value is -0.0800. The number of nitrogens with two attached hydrogens (primary N) is 1. The molecule has 2 nitrogen and oxygen atoms in total. The summed E-state index contributed by atoms with van der Waals surface area (Å²) in [6.45, 7) is 4.61. The van der Waals surface area contributed by atoms with Crippen LogP contribution in [-0.4, -0.2) is 30.6 Å². The van der Waals surface area contributed by atoms with Crippen molar-refractivity contribution in [1.82, 2.24) is 4.90 Å². The summed E-state index contributed by atoms with van der Waals surface area (Å²) >= 11 is 0. The van der Waals surface area contributed by atoms with Crippen LogP contribution in [0.5, 0.6) is 0 Å². The summed E-state index contributed by atoms with van der Waals surface area (Å²) in [5.41, 5.74) is 6.39. The van der Waals surface area contributed by atoms with Gasteiger partial charge in [-0.05, 0) is 25.3 Å². The van der Waals surface area contributed by atoms with Gasteiger partial charge in [0.05, 0.1) is 0 Å². The summed E-state index contributed by atoms with van der Waals surface area (Å²) in [6, 6.07) is 0. The molecule has 58 valence electrons. The molecule has 0 aromatic carbocycles. The van der Waals surface area contributed by atoms with Crippen molar-refractivity contribution in [3.05, 3.63) is 0 Å². The Labute approximate surface area is 62.4 Å². The van der Waals surface area contributed by atoms with Crippen LogP contribution in [0.1, 0.15) is 13.3 Å². The summed E-state index contributed by atoms with van der Waals surface area (Å²) in [4.78, 5) is 2.36. The largest absolute Gasteiger partial charge is 0.324 e. The van der Waals surface area contributed by atoms with E-state index in [2.05, 4.69) is 18.9 Å². The zero-order valence-electron chi connectivity index (χ0n) is 6.80. The zero-order valence-corrected chi connectivity index (χ0v) is 6.80. The lowest BCUT2D eigenvalue weighted by Crippen LogP contribution is -2.61. The lowest BCUT2D eigenvalue weighted by Gasteiger charge is -2.47. The van der Waals surface area contributed by atoms with Gasteiger partial charge in [-0.15, -0.1) is 0 Å². The molecule has 10 heavy (non-hydrogen) atoms. The average molecular weight is 140 g/mol. The lowest BCUT2D eigenvalue weighted by atomic mass is 9.62. The first kappa shape index (κ1) is 6.62. The van der Waals surface area contributed by atoms with Crippen LogP contribution in [0.2, 0.25) is 0 Å². The minimum Gasteiger partial charge on any atom is -0.324 e. The Balaban J connectivity index is 2.14. The average Bonchev–Trinajstić information content (AvgIpc) is 2.07. The van der Waals surface area contributed by atoms with E-state index in [-0.39, 0.29) is 5.54 Å². The van der Waals surface area contributed by atoms with E-state index in [9.17, 15) is 0 Å². The predicted octanol–water partition coefficient (Wildman–Crippen LogP) is 0.285. The summed E-state index contributed by atoms with van der Waals surface area (Å²) in [5.74, 6) is 1.55. The van der Waals surface area contributed by atoms with E-state index in [0.29, 0.717) is 0 Å². The third-order valence-corrected chi connectivity index (χ3v) is 3.39. The Bertz CT molecular complexity index is 157. The fourth-order valence-electron chi connectivity index (χ4n) is 2.55. The van der Waals surface area contributed by atoms with Crippen molar-refractivity contribution >= 4 is 0 Å². The van der Waals surface area contributed by atoms with Gasteiger partial charge in [-0.2, -0.15) is 0 Å². The van der Waals surface area contributed by atoms with E-state index >= 15 is 0 Å². The van der Waals surface area contributed by atoms with Crippen molar-refractivity contribution in [1.29, 1.82) is 0 Å². The first-order chi connectivity index (χ1) is 4.63. The second-order valence-corrected chi connectivity index (χ2v) is 4.14. The van der Waals surface area contributed by atoms with E-state index in [1.807, 2.05) is 0 Å². The Kier molecular flexibility index (Phi) is 1.15. The Morgan fingerprint density at radius 3 is 2.70 bits per heavy atom. The third kappa shape index (κ3) is 0.611. The van der Waals surface area contributed by atoms with Gasteiger partial charge in [0.1, 0.15) is 0 Å². The van der Waals surface area contributed by atoms with Gasteiger partial charge in [0, 0.05) is 18.6 Å². The molecule has 1 aliphatic heterocycles. The van der Waals surface area contributed by atoms with E-state index in [4.69, 9.17) is 5.73 Å². The van der Waals surface area contributed by atoms with Crippen molar-refractivity contribution in [3.63, 3.8) is 0 Å². The number of likely N-dealkylation sites (N-methyl/N-ethyl adjacent to an activating group) is 1. The Morgan fingerprint density at radius 2 is 2.30 bits per heavy atom. The topological polar surface area (TPSA) is 29.3 Å². The van der Waals surface area contributed by atoms with Crippen molar-refractivity contribution in [2.75, 3.05) is 20.1 Å². The first-order valence-electron chi connectivity index (χ1n) is 4.10. The highest BCUT2D eigenvalue weighted by Gasteiger charge is 2.54. The summed E-state index contributed by atoms with van der Waals surface area (Å²) in [7, 11) is 2.17. The quantitative estimate of drug-likeness (QED) is 0.524. The van der Waals surface area contributed by atoms with Crippen LogP contribution in [0.15, 0.2) is 0 Å². The summed E-state index contributed by atoms with van der Waals surface area (Å²) in [5, 5.41) is 0. The third-order valence-electron chi connectivity index (χ3n) is 3.39. The minimum absolute atomic E-state index is 0.189. The van der Waals surface area contributed by atoms with Gasteiger partial charge < -0.3 is 10.6 Å². The van der Waals surface area contributed by atoms with Gasteiger partial charge in [0.25, 0.3) is 0 Å². The predicted molar refractivity (Wildman–Crippen MR) is 41.7 cm³/mol. The first-order valence-corrected chi connectivity index (χ1v) is 4.10. The molecule has 2 aliphatic rings. The smallest absolute Gasteiger partial charge is 0.0350 e. The van der Waals surface area contributed by atoms with Crippen LogP contribution >= 0.6 is 0 Å². The maximum absolute atomic E-state index is 6.20. The van der Waals surface area contributed by atoms with Crippen LogP contribution in [0.3, 0.4) is 0 Å². The molecule has 0 radical (unpaired) electrons. The van der Waals surface area contributed by atoms with E-state index in [0.717, 1.165) is 18.4 Å². The molecule has 1 saturated carbocycles. The van der Waals surface area contributed by atoms with Crippen LogP contribution in [0, 0.1) is 11.8 Å². The highest BCUT2D eigenvalue weighted by molar-refractivity contribution is 5.11. The number of fused-ring (bicyclic) bond motifs is 1. The van der Waals surface area contributed by atoms with Crippen molar-refractivity contribution in [3.8, 4) is 0 Å². The van der Waals surface area contributed by atoms with E-state index < -0.39 is 0 Å². The summed E-state index contributed by atoms with van der Waals surface area (Å²) in [6.07, 6.45) is 1.35. The summed E-state index contributed by atoms with van der Waals surface area (Å²) < 4.78 is 0. The highest BCUT2D eigenvalue weighted by atomic mass is 15.2. The minimum atomic E-state index is 0.189. The fourth-order valence-corrected chi connectivity index (χ4v) is 2.55. The van der Waals surface area contributed by atoms with Gasteiger partial charge in [0.15, 0.2) is 0 Å². The van der Waals surface area contributed by atoms with Gasteiger partial charge in [0.2, 0.25) is 0 Å². The maximum atomic E-state index is 6.20. The molecule has 1 saturated heterocycles. The fraction of sp³-hybridized carbons (Fsp3) is 1.00. The second kappa shape index (κ2) is 1.74. The molecule has 0 aromatic rings. The van der Waals surface area contributed by atoms with Crippen LogP contribution in [0.25, 0.3) is 0 Å². The monoisotopic (exact) mass is 140 g/mol. The molecule has 2 fully saturated rings. The number of likely N-dealkylation sites (tertiary alicyclic amines) is 1. The molecular formula is C8H16N2. The highest BCUT2D eigenvalue weighted by Crippen LogP contribution is 2.46. The molecule has 2 rings (SSSR count). The van der Waals surface area contributed by atoms with Crippen molar-refractivity contribution in [2.24, 2.45) is 17.6 Å². The molecule has 0 amide bonds. The molecule has 1 aliphatic carbocycles. The number of hydrogen-bond donors (Lipinski definition) is 1. The van der Waals surface area contributed by atoms with Crippen LogP contribution < -0.4 is 5.73 Å². The van der Waals surface area contributed by atoms with Gasteiger partial charge in [-0.3, -0.25) is 0 Å². The molecule has 0 bridgehead atoms. The molecular weight excluding hydrogens is 124 g/mol. The SMILES string of the molecule is C[C@H]1C[C@@H]2CN(C)C[C@@]21N. The maximum Gasteiger partial charge on any atom is 0.0350 e. The number of hydrogen-bond acceptors (Lipinski definition) is 2. The van der Waals surface area contributed by atoms with E-state index in [1.165, 1.54) is 13.0 Å². The zero-order chi connectivity index (χ0) is 7.35. The molecule has 0 aromatic heterocycles. The molecule has 0 spiro atoms. The molecule has 1 heterocycles.